The lowest BCUT2D eigenvalue weighted by Gasteiger charge is -2.11. The summed E-state index contributed by atoms with van der Waals surface area (Å²) in [7, 11) is 0. The maximum absolute atomic E-state index is 14.9. The highest BCUT2D eigenvalue weighted by Gasteiger charge is 2.22. The van der Waals surface area contributed by atoms with Gasteiger partial charge in [-0.1, -0.05) is 12.1 Å². The maximum Gasteiger partial charge on any atom is 0.250 e. The van der Waals surface area contributed by atoms with Crippen LogP contribution in [0, 0.1) is 19.7 Å². The molecule has 1 amide bonds. The minimum Gasteiger partial charge on any atom is -0.366 e. The average Bonchev–Trinajstić information content (AvgIpc) is 3.12. The first-order chi connectivity index (χ1) is 11.5. The van der Waals surface area contributed by atoms with Crippen LogP contribution >= 0.6 is 0 Å². The van der Waals surface area contributed by atoms with Crippen LogP contribution < -0.4 is 11.1 Å². The third kappa shape index (κ3) is 2.05. The number of aromatic nitrogens is 1. The summed E-state index contributed by atoms with van der Waals surface area (Å²) < 4.78 is 14.9. The molecule has 2 heterocycles. The lowest BCUT2D eigenvalue weighted by Crippen LogP contribution is -2.12. The lowest BCUT2D eigenvalue weighted by molar-refractivity contribution is 0.100. The first-order valence-electron chi connectivity index (χ1n) is 7.91. The molecule has 4 N–H and O–H groups in total. The largest absolute Gasteiger partial charge is 0.366 e. The fraction of sp³-hybridized carbons (Fsp3) is 0.211. The van der Waals surface area contributed by atoms with Gasteiger partial charge in [0, 0.05) is 29.7 Å². The van der Waals surface area contributed by atoms with Crippen molar-refractivity contribution in [3.8, 4) is 11.1 Å². The highest BCUT2D eigenvalue weighted by Crippen LogP contribution is 2.37. The molecule has 0 fully saturated rings. The second-order valence-electron chi connectivity index (χ2n) is 6.36. The van der Waals surface area contributed by atoms with E-state index in [2.05, 4.69) is 10.3 Å². The van der Waals surface area contributed by atoms with Gasteiger partial charge in [0.15, 0.2) is 0 Å². The van der Waals surface area contributed by atoms with Crippen molar-refractivity contribution in [1.29, 1.82) is 0 Å². The van der Waals surface area contributed by atoms with E-state index in [-0.39, 0.29) is 5.56 Å². The second kappa shape index (κ2) is 5.18. The van der Waals surface area contributed by atoms with Gasteiger partial charge in [0.25, 0.3) is 5.91 Å². The molecule has 0 atom stereocenters. The van der Waals surface area contributed by atoms with Gasteiger partial charge >= 0.3 is 0 Å². The summed E-state index contributed by atoms with van der Waals surface area (Å²) in [5.41, 5.74) is 11.8. The van der Waals surface area contributed by atoms with Gasteiger partial charge < -0.3 is 16.0 Å². The van der Waals surface area contributed by atoms with E-state index >= 15 is 0 Å². The smallest absolute Gasteiger partial charge is 0.250 e. The van der Waals surface area contributed by atoms with Crippen LogP contribution in [0.2, 0.25) is 0 Å². The van der Waals surface area contributed by atoms with Crippen LogP contribution in [0.25, 0.3) is 22.0 Å². The van der Waals surface area contributed by atoms with Crippen molar-refractivity contribution >= 4 is 16.8 Å². The molecule has 4 nitrogen and oxygen atoms in total. The molecule has 1 aliphatic heterocycles. The fourth-order valence-corrected chi connectivity index (χ4v) is 3.55. The SMILES string of the molecule is Cc1[nH]c2c(C(N)=O)cc(F)c(-c3ccc4c(c3)CNC4)c2c1C. The van der Waals surface area contributed by atoms with E-state index in [0.717, 1.165) is 35.3 Å². The van der Waals surface area contributed by atoms with E-state index in [0.29, 0.717) is 11.1 Å². The molecule has 2 aromatic carbocycles. The van der Waals surface area contributed by atoms with Gasteiger partial charge in [-0.2, -0.15) is 0 Å². The first kappa shape index (κ1) is 14.9. The van der Waals surface area contributed by atoms with Crippen molar-refractivity contribution in [2.24, 2.45) is 5.73 Å². The quantitative estimate of drug-likeness (QED) is 0.677. The van der Waals surface area contributed by atoms with Crippen LogP contribution in [-0.2, 0) is 13.1 Å². The molecule has 0 bridgehead atoms. The Morgan fingerprint density at radius 1 is 1.17 bits per heavy atom. The third-order valence-corrected chi connectivity index (χ3v) is 4.92. The van der Waals surface area contributed by atoms with E-state index in [1.54, 1.807) is 0 Å². The molecule has 0 saturated carbocycles. The fourth-order valence-electron chi connectivity index (χ4n) is 3.55. The normalized spacial score (nSPS) is 13.5. The zero-order valence-corrected chi connectivity index (χ0v) is 13.6. The number of aromatic amines is 1. The Kier molecular flexibility index (Phi) is 3.21. The van der Waals surface area contributed by atoms with E-state index in [1.807, 2.05) is 32.0 Å². The molecule has 1 aliphatic rings. The molecule has 0 aliphatic carbocycles. The van der Waals surface area contributed by atoms with E-state index in [4.69, 9.17) is 5.73 Å². The Hall–Kier alpha value is -2.66. The van der Waals surface area contributed by atoms with Crippen molar-refractivity contribution in [3.05, 3.63) is 58.0 Å². The highest BCUT2D eigenvalue weighted by molar-refractivity contribution is 6.10. The number of carbonyl (C=O) groups is 1. The number of nitrogens with one attached hydrogen (secondary N) is 2. The summed E-state index contributed by atoms with van der Waals surface area (Å²) in [5, 5.41) is 4.03. The molecule has 0 spiro atoms. The third-order valence-electron chi connectivity index (χ3n) is 4.92. The number of aryl methyl sites for hydroxylation is 2. The number of nitrogens with two attached hydrogens (primary N) is 1. The van der Waals surface area contributed by atoms with Gasteiger partial charge in [0.05, 0.1) is 11.1 Å². The molecule has 122 valence electrons. The molecule has 5 heteroatoms. The van der Waals surface area contributed by atoms with Crippen LogP contribution in [0.5, 0.6) is 0 Å². The van der Waals surface area contributed by atoms with E-state index in [9.17, 15) is 9.18 Å². The van der Waals surface area contributed by atoms with Crippen LogP contribution in [0.4, 0.5) is 4.39 Å². The summed E-state index contributed by atoms with van der Waals surface area (Å²) >= 11 is 0. The van der Waals surface area contributed by atoms with E-state index in [1.165, 1.54) is 17.2 Å². The predicted octanol–water partition coefficient (Wildman–Crippen LogP) is 3.29. The van der Waals surface area contributed by atoms with E-state index < -0.39 is 11.7 Å². The number of rotatable bonds is 2. The second-order valence-corrected chi connectivity index (χ2v) is 6.36. The van der Waals surface area contributed by atoms with Gasteiger partial charge in [-0.15, -0.1) is 0 Å². The monoisotopic (exact) mass is 323 g/mol. The zero-order chi connectivity index (χ0) is 17.0. The van der Waals surface area contributed by atoms with Crippen molar-refractivity contribution in [1.82, 2.24) is 10.3 Å². The average molecular weight is 323 g/mol. The molecule has 4 rings (SSSR count). The number of amides is 1. The Bertz CT molecular complexity index is 1000. The van der Waals surface area contributed by atoms with Crippen molar-refractivity contribution < 1.29 is 9.18 Å². The Labute approximate surface area is 138 Å². The number of carbonyl (C=O) groups excluding carboxylic acids is 1. The van der Waals surface area contributed by atoms with Crippen molar-refractivity contribution in [2.75, 3.05) is 0 Å². The molecule has 0 unspecified atom stereocenters. The lowest BCUT2D eigenvalue weighted by atomic mass is 9.94. The van der Waals surface area contributed by atoms with Crippen molar-refractivity contribution in [3.63, 3.8) is 0 Å². The van der Waals surface area contributed by atoms with Gasteiger partial charge in [-0.25, -0.2) is 4.39 Å². The molecule has 0 saturated heterocycles. The topological polar surface area (TPSA) is 70.9 Å². The van der Waals surface area contributed by atoms with Gasteiger partial charge in [-0.05, 0) is 48.2 Å². The van der Waals surface area contributed by atoms with Gasteiger partial charge in [-0.3, -0.25) is 4.79 Å². The minimum atomic E-state index is -0.634. The number of fused-ring (bicyclic) bond motifs is 2. The number of hydrogen-bond acceptors (Lipinski definition) is 2. The first-order valence-corrected chi connectivity index (χ1v) is 7.91. The summed E-state index contributed by atoms with van der Waals surface area (Å²) in [6.07, 6.45) is 0. The number of halogens is 1. The zero-order valence-electron chi connectivity index (χ0n) is 13.6. The maximum atomic E-state index is 14.9. The number of hydrogen-bond donors (Lipinski definition) is 3. The summed E-state index contributed by atoms with van der Waals surface area (Å²) in [6, 6.07) is 7.24. The van der Waals surface area contributed by atoms with Crippen LogP contribution in [0.3, 0.4) is 0 Å². The molecule has 24 heavy (non-hydrogen) atoms. The van der Waals surface area contributed by atoms with Crippen LogP contribution in [-0.4, -0.2) is 10.9 Å². The van der Waals surface area contributed by atoms with Gasteiger partial charge in [0.2, 0.25) is 0 Å². The Morgan fingerprint density at radius 2 is 1.92 bits per heavy atom. The summed E-state index contributed by atoms with van der Waals surface area (Å²) in [5.74, 6) is -1.06. The molecule has 0 radical (unpaired) electrons. The summed E-state index contributed by atoms with van der Waals surface area (Å²) in [4.78, 5) is 14.9. The van der Waals surface area contributed by atoms with Crippen molar-refractivity contribution in [2.45, 2.75) is 26.9 Å². The predicted molar refractivity (Wildman–Crippen MR) is 92.2 cm³/mol. The minimum absolute atomic E-state index is 0.185. The number of benzene rings is 2. The Morgan fingerprint density at radius 3 is 2.67 bits per heavy atom. The molecule has 3 aromatic rings. The molecular formula is C19H18FN3O. The molecular weight excluding hydrogens is 305 g/mol. The number of primary amides is 1. The van der Waals surface area contributed by atoms with Crippen LogP contribution in [0.15, 0.2) is 24.3 Å². The highest BCUT2D eigenvalue weighted by atomic mass is 19.1. The number of H-pyrrole nitrogens is 1. The standard InChI is InChI=1S/C19H18FN3O/c1-9-10(2)23-18-14(19(21)24)6-15(20)17(16(9)18)11-3-4-12-7-22-8-13(12)5-11/h3-6,22-23H,7-8H2,1-2H3,(H2,21,24). The summed E-state index contributed by atoms with van der Waals surface area (Å²) in [6.45, 7) is 5.47. The molecule has 1 aromatic heterocycles. The van der Waals surface area contributed by atoms with Gasteiger partial charge in [0.1, 0.15) is 5.82 Å². The Balaban J connectivity index is 2.07. The van der Waals surface area contributed by atoms with Crippen LogP contribution in [0.1, 0.15) is 32.7 Å².